The van der Waals surface area contributed by atoms with Gasteiger partial charge < -0.3 is 19.8 Å². The first kappa shape index (κ1) is 18.1. The van der Waals surface area contributed by atoms with Crippen molar-refractivity contribution in [2.75, 3.05) is 13.2 Å². The van der Waals surface area contributed by atoms with E-state index in [1.54, 1.807) is 6.07 Å². The normalized spacial score (nSPS) is 14.1. The molecule has 4 rings (SSSR count). The maximum absolute atomic E-state index is 13.1. The lowest BCUT2D eigenvalue weighted by atomic mass is 9.95. The third-order valence-electron chi connectivity index (χ3n) is 4.87. The van der Waals surface area contributed by atoms with Crippen LogP contribution in [0.2, 0.25) is 0 Å². The second kappa shape index (κ2) is 7.38. The molecule has 0 fully saturated rings. The molecule has 1 aliphatic rings. The Balaban J connectivity index is 1.68. The second-order valence-corrected chi connectivity index (χ2v) is 7.19. The van der Waals surface area contributed by atoms with Crippen LogP contribution in [0.15, 0.2) is 53.3 Å². The Hall–Kier alpha value is -3.28. The second-order valence-electron chi connectivity index (χ2n) is 7.19. The number of aromatic nitrogens is 1. The number of fused-ring (bicyclic) bond motifs is 2. The topological polar surface area (TPSA) is 80.4 Å². The number of amides is 1. The zero-order valence-corrected chi connectivity index (χ0v) is 15.8. The SMILES string of the molecule is CC(C)C(NC(=O)c1cc(=O)[nH]c2ccccc12)c1ccc2c(c1)OCCO2. The number of para-hydroxylation sites is 1. The van der Waals surface area contributed by atoms with Crippen molar-refractivity contribution in [1.82, 2.24) is 10.3 Å². The zero-order valence-electron chi connectivity index (χ0n) is 15.8. The van der Waals surface area contributed by atoms with Crippen molar-refractivity contribution in [1.29, 1.82) is 0 Å². The van der Waals surface area contributed by atoms with Crippen molar-refractivity contribution < 1.29 is 14.3 Å². The molecular formula is C22H22N2O4. The average Bonchev–Trinajstić information content (AvgIpc) is 2.70. The molecule has 1 amide bonds. The summed E-state index contributed by atoms with van der Waals surface area (Å²) in [6.07, 6.45) is 0. The van der Waals surface area contributed by atoms with Crippen LogP contribution in [0.25, 0.3) is 10.9 Å². The first-order valence-electron chi connectivity index (χ1n) is 9.35. The molecule has 2 heterocycles. The lowest BCUT2D eigenvalue weighted by Gasteiger charge is -2.25. The van der Waals surface area contributed by atoms with Gasteiger partial charge in [-0.1, -0.05) is 38.1 Å². The van der Waals surface area contributed by atoms with Gasteiger partial charge in [0, 0.05) is 17.0 Å². The summed E-state index contributed by atoms with van der Waals surface area (Å²) in [7, 11) is 0. The lowest BCUT2D eigenvalue weighted by molar-refractivity contribution is 0.0927. The van der Waals surface area contributed by atoms with E-state index in [0.29, 0.717) is 41.2 Å². The van der Waals surface area contributed by atoms with Crippen LogP contribution in [0.5, 0.6) is 11.5 Å². The molecule has 0 saturated heterocycles. The third kappa shape index (κ3) is 3.45. The molecule has 0 saturated carbocycles. The molecule has 0 bridgehead atoms. The highest BCUT2D eigenvalue weighted by Gasteiger charge is 2.23. The minimum atomic E-state index is -0.302. The minimum Gasteiger partial charge on any atom is -0.486 e. The number of carbonyl (C=O) groups is 1. The van der Waals surface area contributed by atoms with Crippen molar-refractivity contribution in [2.24, 2.45) is 5.92 Å². The van der Waals surface area contributed by atoms with Gasteiger partial charge in [-0.2, -0.15) is 0 Å². The number of H-pyrrole nitrogens is 1. The predicted molar refractivity (Wildman–Crippen MR) is 107 cm³/mol. The van der Waals surface area contributed by atoms with Gasteiger partial charge in [0.25, 0.3) is 5.91 Å². The number of rotatable bonds is 4. The Bertz CT molecular complexity index is 1090. The molecule has 6 heteroatoms. The third-order valence-corrected chi connectivity index (χ3v) is 4.87. The molecule has 2 aromatic carbocycles. The Morgan fingerprint density at radius 1 is 1.04 bits per heavy atom. The van der Waals surface area contributed by atoms with Crippen molar-refractivity contribution in [2.45, 2.75) is 19.9 Å². The minimum absolute atomic E-state index is 0.139. The number of aromatic amines is 1. The molecule has 3 aromatic rings. The summed E-state index contributed by atoms with van der Waals surface area (Å²) in [5.74, 6) is 1.25. The smallest absolute Gasteiger partial charge is 0.252 e. The summed E-state index contributed by atoms with van der Waals surface area (Å²) in [5.41, 5.74) is 1.63. The molecule has 28 heavy (non-hydrogen) atoms. The summed E-state index contributed by atoms with van der Waals surface area (Å²) >= 11 is 0. The van der Waals surface area contributed by atoms with Crippen molar-refractivity contribution in [3.05, 3.63) is 70.0 Å². The van der Waals surface area contributed by atoms with Crippen LogP contribution in [-0.2, 0) is 0 Å². The van der Waals surface area contributed by atoms with Gasteiger partial charge in [0.15, 0.2) is 11.5 Å². The molecule has 1 aromatic heterocycles. The molecule has 0 spiro atoms. The monoisotopic (exact) mass is 378 g/mol. The summed E-state index contributed by atoms with van der Waals surface area (Å²) in [6.45, 7) is 5.12. The van der Waals surface area contributed by atoms with E-state index in [2.05, 4.69) is 10.3 Å². The first-order chi connectivity index (χ1) is 13.5. The van der Waals surface area contributed by atoms with Crippen LogP contribution in [0.1, 0.15) is 35.8 Å². The van der Waals surface area contributed by atoms with Crippen LogP contribution >= 0.6 is 0 Å². The fraction of sp³-hybridized carbons (Fsp3) is 0.273. The number of hydrogen-bond donors (Lipinski definition) is 2. The number of pyridine rings is 1. The van der Waals surface area contributed by atoms with Crippen LogP contribution in [0.4, 0.5) is 0 Å². The molecule has 0 aliphatic carbocycles. The molecule has 1 unspecified atom stereocenters. The standard InChI is InChI=1S/C22H22N2O4/c1-13(2)21(14-7-8-18-19(11-14)28-10-9-27-18)24-22(26)16-12-20(25)23-17-6-4-3-5-15(16)17/h3-8,11-13,21H,9-10H2,1-2H3,(H,23,25)(H,24,26). The highest BCUT2D eigenvalue weighted by Crippen LogP contribution is 2.34. The average molecular weight is 378 g/mol. The van der Waals surface area contributed by atoms with E-state index >= 15 is 0 Å². The van der Waals surface area contributed by atoms with Crippen LogP contribution in [-0.4, -0.2) is 24.1 Å². The summed E-state index contributed by atoms with van der Waals surface area (Å²) in [5, 5.41) is 3.80. The van der Waals surface area contributed by atoms with Crippen LogP contribution in [0.3, 0.4) is 0 Å². The highest BCUT2D eigenvalue weighted by atomic mass is 16.6. The lowest BCUT2D eigenvalue weighted by Crippen LogP contribution is -2.32. The van der Waals surface area contributed by atoms with E-state index in [0.717, 1.165) is 5.56 Å². The first-order valence-corrected chi connectivity index (χ1v) is 9.35. The summed E-state index contributed by atoms with van der Waals surface area (Å²) in [6, 6.07) is 14.1. The Labute approximate surface area is 162 Å². The quantitative estimate of drug-likeness (QED) is 0.729. The fourth-order valence-corrected chi connectivity index (χ4v) is 3.50. The van der Waals surface area contributed by atoms with Gasteiger partial charge in [-0.3, -0.25) is 9.59 Å². The maximum atomic E-state index is 13.1. The van der Waals surface area contributed by atoms with E-state index < -0.39 is 0 Å². The number of hydrogen-bond acceptors (Lipinski definition) is 4. The number of nitrogens with one attached hydrogen (secondary N) is 2. The number of carbonyl (C=O) groups excluding carboxylic acids is 1. The Morgan fingerprint density at radius 2 is 1.79 bits per heavy atom. The molecule has 2 N–H and O–H groups in total. The zero-order chi connectivity index (χ0) is 19.7. The number of ether oxygens (including phenoxy) is 2. The van der Waals surface area contributed by atoms with Gasteiger partial charge in [0.1, 0.15) is 13.2 Å². The predicted octanol–water partition coefficient (Wildman–Crippen LogP) is 3.43. The van der Waals surface area contributed by atoms with Crippen molar-refractivity contribution in [3.8, 4) is 11.5 Å². The summed E-state index contributed by atoms with van der Waals surface area (Å²) < 4.78 is 11.3. The van der Waals surface area contributed by atoms with Gasteiger partial charge >= 0.3 is 0 Å². The largest absolute Gasteiger partial charge is 0.486 e. The van der Waals surface area contributed by atoms with Gasteiger partial charge in [0.05, 0.1) is 11.6 Å². The van der Waals surface area contributed by atoms with E-state index in [4.69, 9.17) is 9.47 Å². The molecule has 0 radical (unpaired) electrons. The van der Waals surface area contributed by atoms with Crippen LogP contribution in [0, 0.1) is 5.92 Å². The molecule has 1 aliphatic heterocycles. The Kier molecular flexibility index (Phi) is 4.77. The van der Waals surface area contributed by atoms with Gasteiger partial charge in [-0.05, 0) is 29.7 Å². The van der Waals surface area contributed by atoms with Gasteiger partial charge in [0.2, 0.25) is 5.56 Å². The van der Waals surface area contributed by atoms with Gasteiger partial charge in [-0.15, -0.1) is 0 Å². The maximum Gasteiger partial charge on any atom is 0.252 e. The van der Waals surface area contributed by atoms with E-state index in [1.807, 2.05) is 50.2 Å². The Morgan fingerprint density at radius 3 is 2.57 bits per heavy atom. The number of benzene rings is 2. The van der Waals surface area contributed by atoms with E-state index in [-0.39, 0.29) is 23.4 Å². The molecule has 1 atom stereocenters. The van der Waals surface area contributed by atoms with Gasteiger partial charge in [-0.25, -0.2) is 0 Å². The molecule has 6 nitrogen and oxygen atoms in total. The van der Waals surface area contributed by atoms with E-state index in [1.165, 1.54) is 6.07 Å². The van der Waals surface area contributed by atoms with Crippen molar-refractivity contribution >= 4 is 16.8 Å². The molecular weight excluding hydrogens is 356 g/mol. The molecule has 144 valence electrons. The highest BCUT2D eigenvalue weighted by molar-refractivity contribution is 6.06. The summed E-state index contributed by atoms with van der Waals surface area (Å²) in [4.78, 5) is 27.8. The van der Waals surface area contributed by atoms with Crippen LogP contribution < -0.4 is 20.3 Å². The van der Waals surface area contributed by atoms with Crippen molar-refractivity contribution in [3.63, 3.8) is 0 Å². The van der Waals surface area contributed by atoms with E-state index in [9.17, 15) is 9.59 Å². The fourth-order valence-electron chi connectivity index (χ4n) is 3.50.